The Morgan fingerprint density at radius 2 is 1.65 bits per heavy atom. The Labute approximate surface area is 156 Å². The standard InChI is InChI=1S/C21H21F3OS/c1-2-3-4-5-12-26-17-9-6-15(7-10-17)8-11-20(25)16-13-18(22)21(24)19(23)14-16/h6-11,13-14H,2-5,12H2,1H3. The Bertz CT molecular complexity index is 746. The Balaban J connectivity index is 1.92. The van der Waals surface area contributed by atoms with Crippen LogP contribution in [0.4, 0.5) is 13.2 Å². The maximum Gasteiger partial charge on any atom is 0.194 e. The molecule has 0 aliphatic carbocycles. The molecule has 0 bridgehead atoms. The van der Waals surface area contributed by atoms with E-state index in [9.17, 15) is 18.0 Å². The van der Waals surface area contributed by atoms with Crippen molar-refractivity contribution in [1.82, 2.24) is 0 Å². The van der Waals surface area contributed by atoms with Crippen LogP contribution in [0.2, 0.25) is 0 Å². The van der Waals surface area contributed by atoms with Gasteiger partial charge in [-0.25, -0.2) is 13.2 Å². The van der Waals surface area contributed by atoms with Gasteiger partial charge in [0.25, 0.3) is 0 Å². The van der Waals surface area contributed by atoms with E-state index in [1.165, 1.54) is 31.8 Å². The number of halogens is 3. The fourth-order valence-electron chi connectivity index (χ4n) is 2.36. The summed E-state index contributed by atoms with van der Waals surface area (Å²) in [5, 5.41) is 0. The number of carbonyl (C=O) groups excluding carboxylic acids is 1. The number of hydrogen-bond donors (Lipinski definition) is 0. The third-order valence-electron chi connectivity index (χ3n) is 3.84. The maximum atomic E-state index is 13.2. The number of carbonyl (C=O) groups is 1. The van der Waals surface area contributed by atoms with Gasteiger partial charge in [0.2, 0.25) is 0 Å². The molecule has 0 fully saturated rings. The van der Waals surface area contributed by atoms with Crippen LogP contribution in [0.15, 0.2) is 47.4 Å². The second-order valence-corrected chi connectivity index (χ2v) is 7.10. The van der Waals surface area contributed by atoms with Crippen LogP contribution in [0.5, 0.6) is 0 Å². The first kappa shape index (κ1) is 20.3. The van der Waals surface area contributed by atoms with Crippen LogP contribution < -0.4 is 0 Å². The molecule has 0 unspecified atom stereocenters. The number of rotatable bonds is 9. The van der Waals surface area contributed by atoms with Gasteiger partial charge in [0.1, 0.15) is 0 Å². The quantitative estimate of drug-likeness (QED) is 0.159. The summed E-state index contributed by atoms with van der Waals surface area (Å²) in [6, 6.07) is 9.11. The number of benzene rings is 2. The summed E-state index contributed by atoms with van der Waals surface area (Å²) >= 11 is 1.80. The molecule has 0 spiro atoms. The lowest BCUT2D eigenvalue weighted by Gasteiger charge is -2.02. The minimum absolute atomic E-state index is 0.225. The molecule has 0 amide bonds. The second-order valence-electron chi connectivity index (χ2n) is 5.93. The maximum absolute atomic E-state index is 13.2. The van der Waals surface area contributed by atoms with E-state index in [1.54, 1.807) is 17.8 Å². The van der Waals surface area contributed by atoms with Gasteiger partial charge in [0.15, 0.2) is 23.2 Å². The average Bonchev–Trinajstić information content (AvgIpc) is 2.64. The van der Waals surface area contributed by atoms with Gasteiger partial charge in [-0.2, -0.15) is 0 Å². The zero-order chi connectivity index (χ0) is 18.9. The molecule has 138 valence electrons. The van der Waals surface area contributed by atoms with Crippen molar-refractivity contribution in [3.05, 3.63) is 71.1 Å². The van der Waals surface area contributed by atoms with Crippen molar-refractivity contribution in [3.8, 4) is 0 Å². The molecule has 0 N–H and O–H groups in total. The zero-order valence-corrected chi connectivity index (χ0v) is 15.4. The smallest absolute Gasteiger partial charge is 0.194 e. The van der Waals surface area contributed by atoms with Gasteiger partial charge in [-0.05, 0) is 48.1 Å². The molecule has 0 saturated heterocycles. The van der Waals surface area contributed by atoms with Crippen LogP contribution in [0.1, 0.15) is 48.5 Å². The lowest BCUT2D eigenvalue weighted by Crippen LogP contribution is -2.00. The number of ketones is 1. The van der Waals surface area contributed by atoms with Gasteiger partial charge in [-0.3, -0.25) is 4.79 Å². The van der Waals surface area contributed by atoms with Crippen molar-refractivity contribution in [1.29, 1.82) is 0 Å². The van der Waals surface area contributed by atoms with Gasteiger partial charge in [-0.1, -0.05) is 44.4 Å². The van der Waals surface area contributed by atoms with E-state index in [4.69, 9.17) is 0 Å². The van der Waals surface area contributed by atoms with Gasteiger partial charge in [0, 0.05) is 10.5 Å². The van der Waals surface area contributed by atoms with Gasteiger partial charge < -0.3 is 0 Å². The third-order valence-corrected chi connectivity index (χ3v) is 4.94. The summed E-state index contributed by atoms with van der Waals surface area (Å²) in [6.07, 6.45) is 7.72. The predicted molar refractivity (Wildman–Crippen MR) is 101 cm³/mol. The lowest BCUT2D eigenvalue weighted by molar-refractivity contribution is 0.104. The molecule has 26 heavy (non-hydrogen) atoms. The second kappa shape index (κ2) is 10.2. The normalized spacial score (nSPS) is 11.2. The number of hydrogen-bond acceptors (Lipinski definition) is 2. The summed E-state index contributed by atoms with van der Waals surface area (Å²) in [5.74, 6) is -3.83. The Morgan fingerprint density at radius 3 is 2.27 bits per heavy atom. The van der Waals surface area contributed by atoms with E-state index >= 15 is 0 Å². The molecular formula is C21H21F3OS. The van der Waals surface area contributed by atoms with Crippen molar-refractivity contribution >= 4 is 23.6 Å². The number of thioether (sulfide) groups is 1. The lowest BCUT2D eigenvalue weighted by atomic mass is 10.1. The van der Waals surface area contributed by atoms with Gasteiger partial charge in [0.05, 0.1) is 0 Å². The van der Waals surface area contributed by atoms with Crippen molar-refractivity contribution < 1.29 is 18.0 Å². The molecule has 0 radical (unpaired) electrons. The molecule has 2 aromatic rings. The minimum Gasteiger partial charge on any atom is -0.289 e. The minimum atomic E-state index is -1.58. The predicted octanol–water partition coefficient (Wildman–Crippen LogP) is 6.67. The molecule has 0 aromatic heterocycles. The highest BCUT2D eigenvalue weighted by molar-refractivity contribution is 7.99. The molecule has 0 atom stereocenters. The van der Waals surface area contributed by atoms with Crippen molar-refractivity contribution in [3.63, 3.8) is 0 Å². The highest BCUT2D eigenvalue weighted by Gasteiger charge is 2.13. The average molecular weight is 378 g/mol. The van der Waals surface area contributed by atoms with E-state index in [0.29, 0.717) is 12.1 Å². The van der Waals surface area contributed by atoms with Crippen LogP contribution in [0.3, 0.4) is 0 Å². The zero-order valence-electron chi connectivity index (χ0n) is 14.6. The summed E-state index contributed by atoms with van der Waals surface area (Å²) in [7, 11) is 0. The Kier molecular flexibility index (Phi) is 7.98. The summed E-state index contributed by atoms with van der Waals surface area (Å²) < 4.78 is 39.3. The van der Waals surface area contributed by atoms with Crippen LogP contribution in [-0.4, -0.2) is 11.5 Å². The first-order chi connectivity index (χ1) is 12.5. The molecule has 0 heterocycles. The molecule has 0 saturated carbocycles. The SMILES string of the molecule is CCCCCCSc1ccc(C=CC(=O)c2cc(F)c(F)c(F)c2)cc1. The first-order valence-electron chi connectivity index (χ1n) is 8.61. The van der Waals surface area contributed by atoms with Crippen LogP contribution in [0.25, 0.3) is 6.08 Å². The molecular weight excluding hydrogens is 357 g/mol. The van der Waals surface area contributed by atoms with Gasteiger partial charge in [-0.15, -0.1) is 11.8 Å². The monoisotopic (exact) mass is 378 g/mol. The fraction of sp³-hybridized carbons (Fsp3) is 0.286. The van der Waals surface area contributed by atoms with Crippen molar-refractivity contribution in [2.45, 2.75) is 37.5 Å². The molecule has 0 aliphatic heterocycles. The summed E-state index contributed by atoms with van der Waals surface area (Å²) in [4.78, 5) is 13.1. The van der Waals surface area contributed by atoms with E-state index < -0.39 is 23.2 Å². The van der Waals surface area contributed by atoms with Crippen molar-refractivity contribution in [2.75, 3.05) is 5.75 Å². The number of unbranched alkanes of at least 4 members (excludes halogenated alkanes) is 3. The first-order valence-corrected chi connectivity index (χ1v) is 9.59. The Hall–Kier alpha value is -2.01. The van der Waals surface area contributed by atoms with E-state index in [-0.39, 0.29) is 5.56 Å². The van der Waals surface area contributed by atoms with E-state index in [2.05, 4.69) is 6.92 Å². The topological polar surface area (TPSA) is 17.1 Å². The Morgan fingerprint density at radius 1 is 1.00 bits per heavy atom. The van der Waals surface area contributed by atoms with Crippen LogP contribution >= 0.6 is 11.8 Å². The molecule has 2 rings (SSSR count). The summed E-state index contributed by atoms with van der Waals surface area (Å²) in [6.45, 7) is 2.19. The van der Waals surface area contributed by atoms with Crippen LogP contribution in [0, 0.1) is 17.5 Å². The molecule has 2 aromatic carbocycles. The third kappa shape index (κ3) is 6.06. The molecule has 1 nitrogen and oxygen atoms in total. The molecule has 5 heteroatoms. The summed E-state index contributed by atoms with van der Waals surface area (Å²) in [5.41, 5.74) is 0.577. The van der Waals surface area contributed by atoms with E-state index in [0.717, 1.165) is 16.2 Å². The van der Waals surface area contributed by atoms with Gasteiger partial charge >= 0.3 is 0 Å². The highest BCUT2D eigenvalue weighted by atomic mass is 32.2. The fourth-order valence-corrected chi connectivity index (χ4v) is 3.27. The van der Waals surface area contributed by atoms with E-state index in [1.807, 2.05) is 24.3 Å². The molecule has 0 aliphatic rings. The largest absolute Gasteiger partial charge is 0.289 e. The highest BCUT2D eigenvalue weighted by Crippen LogP contribution is 2.21. The van der Waals surface area contributed by atoms with Crippen LogP contribution in [-0.2, 0) is 0 Å². The number of allylic oxidation sites excluding steroid dienone is 1. The van der Waals surface area contributed by atoms with Crippen molar-refractivity contribution in [2.24, 2.45) is 0 Å².